The van der Waals surface area contributed by atoms with Gasteiger partial charge in [0.05, 0.1) is 16.1 Å². The summed E-state index contributed by atoms with van der Waals surface area (Å²) in [6, 6.07) is 1.36. The van der Waals surface area contributed by atoms with Crippen LogP contribution >= 0.6 is 0 Å². The topological polar surface area (TPSA) is 0 Å². The Labute approximate surface area is 190 Å². The first-order valence-electron chi connectivity index (χ1n) is 11.9. The van der Waals surface area contributed by atoms with Crippen molar-refractivity contribution in [2.45, 2.75) is 118 Å². The molecule has 0 radical (unpaired) electrons. The van der Waals surface area contributed by atoms with Crippen molar-refractivity contribution in [1.29, 1.82) is 0 Å². The van der Waals surface area contributed by atoms with Crippen LogP contribution in [-0.4, -0.2) is 16.1 Å². The maximum absolute atomic E-state index is 2.66. The fraction of sp³-hybridized carbons (Fsp3) is 0.643. The van der Waals surface area contributed by atoms with Gasteiger partial charge in [-0.3, -0.25) is 0 Å². The Morgan fingerprint density at radius 1 is 0.600 bits per heavy atom. The van der Waals surface area contributed by atoms with Gasteiger partial charge in [-0.25, -0.2) is 0 Å². The van der Waals surface area contributed by atoms with E-state index in [1.54, 1.807) is 33.4 Å². The summed E-state index contributed by atoms with van der Waals surface area (Å²) in [7, 11) is -3.07. The molecule has 0 heterocycles. The second-order valence-corrected chi connectivity index (χ2v) is 21.8. The maximum Gasteiger partial charge on any atom is 0.0858 e. The van der Waals surface area contributed by atoms with E-state index in [2.05, 4.69) is 107 Å². The van der Waals surface area contributed by atoms with Crippen molar-refractivity contribution in [3.63, 3.8) is 0 Å². The van der Waals surface area contributed by atoms with E-state index in [1.165, 1.54) is 23.6 Å². The molecule has 0 saturated heterocycles. The molecule has 2 rings (SSSR count). The first kappa shape index (κ1) is 25.4. The highest BCUT2D eigenvalue weighted by molar-refractivity contribution is 6.86. The van der Waals surface area contributed by atoms with Gasteiger partial charge >= 0.3 is 0 Å². The number of hydrogen-bond acceptors (Lipinski definition) is 0. The summed E-state index contributed by atoms with van der Waals surface area (Å²) in [6.07, 6.45) is 3.79. The second-order valence-electron chi connectivity index (χ2n) is 11.8. The summed E-state index contributed by atoms with van der Waals surface area (Å²) in [5.41, 5.74) is 15.3. The molecule has 2 aliphatic rings. The van der Waals surface area contributed by atoms with Crippen molar-refractivity contribution in [3.8, 4) is 0 Å². The molecule has 2 heteroatoms. The smallest absolute Gasteiger partial charge is 0.0858 e. The minimum Gasteiger partial charge on any atom is -0.0975 e. The molecule has 0 saturated carbocycles. The SMILES string of the molecule is CC1=C(C)C(C)([Si](C)(C)/C=C/CC[Si](C)(C)C2(C)C(C)=C(C)C(C)=C2C)C(C)=C1C. The lowest BCUT2D eigenvalue weighted by Crippen LogP contribution is -2.41. The molecule has 0 atom stereocenters. The van der Waals surface area contributed by atoms with Gasteiger partial charge in [-0.1, -0.05) is 80.1 Å². The zero-order valence-corrected chi connectivity index (χ0v) is 24.6. The third kappa shape index (κ3) is 3.37. The average Bonchev–Trinajstić information content (AvgIpc) is 2.93. The Hall–Kier alpha value is -0.866. The van der Waals surface area contributed by atoms with Gasteiger partial charge in [-0.2, -0.15) is 0 Å². The minimum atomic E-state index is -1.60. The van der Waals surface area contributed by atoms with Gasteiger partial charge < -0.3 is 0 Å². The highest BCUT2D eigenvalue weighted by atomic mass is 28.3. The van der Waals surface area contributed by atoms with E-state index in [9.17, 15) is 0 Å². The van der Waals surface area contributed by atoms with Crippen LogP contribution in [-0.2, 0) is 0 Å². The molecule has 0 N–H and O–H groups in total. The molecule has 0 spiro atoms. The average molecular weight is 441 g/mol. The quantitative estimate of drug-likeness (QED) is 0.360. The molecule has 0 unspecified atom stereocenters. The Morgan fingerprint density at radius 2 is 0.933 bits per heavy atom. The van der Waals surface area contributed by atoms with Gasteiger partial charge in [0.2, 0.25) is 0 Å². The molecule has 0 aromatic heterocycles. The largest absolute Gasteiger partial charge is 0.0975 e. The van der Waals surface area contributed by atoms with Crippen LogP contribution in [0.25, 0.3) is 0 Å². The van der Waals surface area contributed by atoms with Crippen molar-refractivity contribution in [1.82, 2.24) is 0 Å². The van der Waals surface area contributed by atoms with Crippen molar-refractivity contribution >= 4 is 16.1 Å². The van der Waals surface area contributed by atoms with E-state index in [0.29, 0.717) is 5.04 Å². The molecule has 0 aromatic carbocycles. The molecule has 0 nitrogen and oxygen atoms in total. The van der Waals surface area contributed by atoms with Gasteiger partial charge in [-0.15, -0.1) is 0 Å². The van der Waals surface area contributed by atoms with Crippen LogP contribution in [0.3, 0.4) is 0 Å². The Kier molecular flexibility index (Phi) is 6.71. The van der Waals surface area contributed by atoms with Crippen LogP contribution < -0.4 is 0 Å². The van der Waals surface area contributed by atoms with Crippen LogP contribution in [0.4, 0.5) is 0 Å². The van der Waals surface area contributed by atoms with Gasteiger partial charge in [0.15, 0.2) is 0 Å². The van der Waals surface area contributed by atoms with Crippen molar-refractivity contribution in [3.05, 3.63) is 56.4 Å². The summed E-state index contributed by atoms with van der Waals surface area (Å²) in [4.78, 5) is 0. The van der Waals surface area contributed by atoms with E-state index in [-0.39, 0.29) is 5.04 Å². The van der Waals surface area contributed by atoms with Gasteiger partial charge in [-0.05, 0) is 84.1 Å². The first-order chi connectivity index (χ1) is 13.5. The number of hydrogen-bond donors (Lipinski definition) is 0. The van der Waals surface area contributed by atoms with Crippen molar-refractivity contribution < 1.29 is 0 Å². The molecule has 30 heavy (non-hydrogen) atoms. The van der Waals surface area contributed by atoms with Crippen LogP contribution in [0.2, 0.25) is 42.3 Å². The van der Waals surface area contributed by atoms with Gasteiger partial charge in [0, 0.05) is 10.1 Å². The molecular formula is C28H48Si2. The Morgan fingerprint density at radius 3 is 1.30 bits per heavy atom. The molecule has 0 bridgehead atoms. The van der Waals surface area contributed by atoms with Crippen LogP contribution in [0.1, 0.15) is 75.7 Å². The second kappa shape index (κ2) is 7.92. The molecule has 2 aliphatic carbocycles. The third-order valence-electron chi connectivity index (χ3n) is 10.5. The zero-order chi connectivity index (χ0) is 23.4. The standard InChI is InChI=1S/C28H48Si2/c1-19-20(2)24(6)27(9,23(19)5)29(11,12)17-15-16-18-30(13,14)28(10)25(7)21(3)22(4)26(28)8/h15,17H,16,18H2,1-14H3/b17-15+. The molecule has 0 fully saturated rings. The van der Waals surface area contributed by atoms with Gasteiger partial charge in [0.25, 0.3) is 0 Å². The maximum atomic E-state index is 2.66. The minimum absolute atomic E-state index is 0.259. The Bertz CT molecular complexity index is 849. The summed E-state index contributed by atoms with van der Waals surface area (Å²) in [6.45, 7) is 34.3. The molecule has 0 amide bonds. The predicted octanol–water partition coefficient (Wildman–Crippen LogP) is 9.78. The summed E-state index contributed by atoms with van der Waals surface area (Å²) >= 11 is 0. The number of allylic oxidation sites excluding steroid dienone is 9. The first-order valence-corrected chi connectivity index (χ1v) is 18.2. The highest BCUT2D eigenvalue weighted by Gasteiger charge is 2.49. The van der Waals surface area contributed by atoms with Crippen LogP contribution in [0.5, 0.6) is 0 Å². The van der Waals surface area contributed by atoms with Gasteiger partial charge in [0.1, 0.15) is 0 Å². The monoisotopic (exact) mass is 440 g/mol. The van der Waals surface area contributed by atoms with Crippen molar-refractivity contribution in [2.24, 2.45) is 0 Å². The molecule has 168 valence electrons. The van der Waals surface area contributed by atoms with Crippen molar-refractivity contribution in [2.75, 3.05) is 0 Å². The zero-order valence-electron chi connectivity index (χ0n) is 22.6. The highest BCUT2D eigenvalue weighted by Crippen LogP contribution is 2.60. The van der Waals surface area contributed by atoms with Crippen LogP contribution in [0, 0.1) is 0 Å². The van der Waals surface area contributed by atoms with E-state index in [1.807, 2.05) is 0 Å². The van der Waals surface area contributed by atoms with E-state index in [0.717, 1.165) is 0 Å². The van der Waals surface area contributed by atoms with E-state index >= 15 is 0 Å². The summed E-state index contributed by atoms with van der Waals surface area (Å²) in [5, 5.41) is 0.571. The van der Waals surface area contributed by atoms with E-state index < -0.39 is 16.1 Å². The molecule has 0 aromatic rings. The Balaban J connectivity index is 2.23. The lowest BCUT2D eigenvalue weighted by Gasteiger charge is -2.44. The predicted molar refractivity (Wildman–Crippen MR) is 144 cm³/mol. The van der Waals surface area contributed by atoms with Crippen LogP contribution in [0.15, 0.2) is 56.4 Å². The summed E-state index contributed by atoms with van der Waals surface area (Å²) < 4.78 is 0. The molecular weight excluding hydrogens is 392 g/mol. The lowest BCUT2D eigenvalue weighted by molar-refractivity contribution is 0.782. The number of rotatable bonds is 6. The van der Waals surface area contributed by atoms with E-state index in [4.69, 9.17) is 0 Å². The lowest BCUT2D eigenvalue weighted by atomic mass is 9.98. The third-order valence-corrected chi connectivity index (χ3v) is 19.9. The fourth-order valence-corrected chi connectivity index (χ4v) is 13.6. The normalized spacial score (nSPS) is 22.5. The fourth-order valence-electron chi connectivity index (χ4n) is 6.41. The molecule has 0 aliphatic heterocycles. The summed E-state index contributed by atoms with van der Waals surface area (Å²) in [5.74, 6) is 0.